The predicted molar refractivity (Wildman–Crippen MR) is 60.7 cm³/mol. The van der Waals surface area contributed by atoms with Crippen LogP contribution in [0.5, 0.6) is 0 Å². The highest BCUT2D eigenvalue weighted by molar-refractivity contribution is 6.30. The Morgan fingerprint density at radius 3 is 3.06 bits per heavy atom. The zero-order valence-electron chi connectivity index (χ0n) is 8.81. The van der Waals surface area contributed by atoms with E-state index in [0.29, 0.717) is 11.6 Å². The van der Waals surface area contributed by atoms with Crippen LogP contribution in [0.4, 0.5) is 0 Å². The third-order valence-electron chi connectivity index (χ3n) is 2.35. The number of aromatic nitrogens is 2. The summed E-state index contributed by atoms with van der Waals surface area (Å²) in [6, 6.07) is 3.02. The van der Waals surface area contributed by atoms with Gasteiger partial charge in [-0.3, -0.25) is 4.79 Å². The van der Waals surface area contributed by atoms with Crippen LogP contribution in [0.25, 0.3) is 0 Å². The Bertz CT molecular complexity index is 545. The van der Waals surface area contributed by atoms with Gasteiger partial charge in [-0.15, -0.1) is 0 Å². The van der Waals surface area contributed by atoms with Gasteiger partial charge in [0, 0.05) is 17.8 Å². The second-order valence-corrected chi connectivity index (χ2v) is 3.89. The highest BCUT2D eigenvalue weighted by Gasteiger charge is 2.07. The second kappa shape index (κ2) is 4.53. The number of hydrogen-bond acceptors (Lipinski definition) is 3. The standard InChI is InChI=1S/C11H11ClN2O2/c1-2-10-8(7-16-13-10)5-14-6-9(12)3-4-11(14)15/h3-4,6-7H,2,5H2,1H3. The summed E-state index contributed by atoms with van der Waals surface area (Å²) in [5.74, 6) is 0. The molecule has 0 N–H and O–H groups in total. The van der Waals surface area contributed by atoms with Crippen molar-refractivity contribution in [3.63, 3.8) is 0 Å². The summed E-state index contributed by atoms with van der Waals surface area (Å²) in [5, 5.41) is 4.40. The molecule has 84 valence electrons. The van der Waals surface area contributed by atoms with E-state index in [2.05, 4.69) is 5.16 Å². The van der Waals surface area contributed by atoms with Crippen molar-refractivity contribution in [1.82, 2.24) is 9.72 Å². The Hall–Kier alpha value is -1.55. The van der Waals surface area contributed by atoms with Crippen molar-refractivity contribution in [2.45, 2.75) is 19.9 Å². The maximum Gasteiger partial charge on any atom is 0.250 e. The topological polar surface area (TPSA) is 48.0 Å². The molecule has 0 fully saturated rings. The van der Waals surface area contributed by atoms with E-state index in [1.54, 1.807) is 18.5 Å². The number of aryl methyl sites for hydroxylation is 1. The number of rotatable bonds is 3. The van der Waals surface area contributed by atoms with Gasteiger partial charge in [0.25, 0.3) is 5.56 Å². The average molecular weight is 239 g/mol. The van der Waals surface area contributed by atoms with Gasteiger partial charge in [-0.2, -0.15) is 0 Å². The summed E-state index contributed by atoms with van der Waals surface area (Å²) in [6.45, 7) is 2.42. The van der Waals surface area contributed by atoms with E-state index in [1.165, 1.54) is 10.6 Å². The number of hydrogen-bond donors (Lipinski definition) is 0. The minimum Gasteiger partial charge on any atom is -0.364 e. The van der Waals surface area contributed by atoms with Gasteiger partial charge in [-0.05, 0) is 12.5 Å². The summed E-state index contributed by atoms with van der Waals surface area (Å²) in [7, 11) is 0. The van der Waals surface area contributed by atoms with E-state index < -0.39 is 0 Å². The molecule has 0 saturated carbocycles. The quantitative estimate of drug-likeness (QED) is 0.823. The lowest BCUT2D eigenvalue weighted by atomic mass is 10.2. The van der Waals surface area contributed by atoms with E-state index >= 15 is 0 Å². The van der Waals surface area contributed by atoms with Crippen LogP contribution in [-0.2, 0) is 13.0 Å². The molecule has 2 heterocycles. The Balaban J connectivity index is 2.33. The van der Waals surface area contributed by atoms with Crippen molar-refractivity contribution in [2.24, 2.45) is 0 Å². The fraction of sp³-hybridized carbons (Fsp3) is 0.273. The van der Waals surface area contributed by atoms with Crippen molar-refractivity contribution in [3.8, 4) is 0 Å². The molecule has 2 aromatic rings. The molecule has 0 atom stereocenters. The molecular weight excluding hydrogens is 228 g/mol. The summed E-state index contributed by atoms with van der Waals surface area (Å²) >= 11 is 5.83. The van der Waals surface area contributed by atoms with Crippen molar-refractivity contribution < 1.29 is 4.52 Å². The smallest absolute Gasteiger partial charge is 0.250 e. The number of pyridine rings is 1. The zero-order chi connectivity index (χ0) is 11.5. The van der Waals surface area contributed by atoms with E-state index in [-0.39, 0.29) is 5.56 Å². The summed E-state index contributed by atoms with van der Waals surface area (Å²) in [6.07, 6.45) is 3.95. The van der Waals surface area contributed by atoms with Gasteiger partial charge >= 0.3 is 0 Å². The highest BCUT2D eigenvalue weighted by Crippen LogP contribution is 2.10. The van der Waals surface area contributed by atoms with Crippen molar-refractivity contribution in [1.29, 1.82) is 0 Å². The fourth-order valence-corrected chi connectivity index (χ4v) is 1.69. The Morgan fingerprint density at radius 2 is 2.31 bits per heavy atom. The van der Waals surface area contributed by atoms with E-state index in [0.717, 1.165) is 17.7 Å². The van der Waals surface area contributed by atoms with Crippen LogP contribution in [0.1, 0.15) is 18.2 Å². The Morgan fingerprint density at radius 1 is 1.50 bits per heavy atom. The number of nitrogens with zero attached hydrogens (tertiary/aromatic N) is 2. The first kappa shape index (κ1) is 11.0. The minimum atomic E-state index is -0.0901. The molecule has 0 saturated heterocycles. The lowest BCUT2D eigenvalue weighted by Gasteiger charge is -2.04. The lowest BCUT2D eigenvalue weighted by Crippen LogP contribution is -2.19. The van der Waals surface area contributed by atoms with Gasteiger partial charge < -0.3 is 9.09 Å². The highest BCUT2D eigenvalue weighted by atomic mass is 35.5. The van der Waals surface area contributed by atoms with Crippen LogP contribution in [-0.4, -0.2) is 9.72 Å². The van der Waals surface area contributed by atoms with Crippen LogP contribution in [0.15, 0.2) is 33.9 Å². The molecule has 0 amide bonds. The van der Waals surface area contributed by atoms with Gasteiger partial charge in [-0.1, -0.05) is 23.7 Å². The predicted octanol–water partition coefficient (Wildman–Crippen LogP) is 2.10. The molecule has 0 unspecified atom stereocenters. The zero-order valence-corrected chi connectivity index (χ0v) is 9.57. The summed E-state index contributed by atoms with van der Waals surface area (Å²) < 4.78 is 6.42. The minimum absolute atomic E-state index is 0.0901. The van der Waals surface area contributed by atoms with Crippen LogP contribution >= 0.6 is 11.6 Å². The second-order valence-electron chi connectivity index (χ2n) is 3.45. The third-order valence-corrected chi connectivity index (χ3v) is 2.58. The molecule has 0 aliphatic heterocycles. The first-order chi connectivity index (χ1) is 7.70. The van der Waals surface area contributed by atoms with Gasteiger partial charge in [0.05, 0.1) is 17.3 Å². The van der Waals surface area contributed by atoms with Gasteiger partial charge in [-0.25, -0.2) is 0 Å². The molecule has 0 radical (unpaired) electrons. The van der Waals surface area contributed by atoms with Crippen molar-refractivity contribution in [3.05, 3.63) is 51.2 Å². The van der Waals surface area contributed by atoms with Gasteiger partial charge in [0.15, 0.2) is 0 Å². The molecule has 0 spiro atoms. The van der Waals surface area contributed by atoms with E-state index in [9.17, 15) is 4.79 Å². The van der Waals surface area contributed by atoms with Crippen LogP contribution in [0.3, 0.4) is 0 Å². The first-order valence-electron chi connectivity index (χ1n) is 4.99. The average Bonchev–Trinajstić information content (AvgIpc) is 2.71. The molecule has 0 aliphatic rings. The third kappa shape index (κ3) is 2.17. The van der Waals surface area contributed by atoms with Gasteiger partial charge in [0.2, 0.25) is 0 Å². The summed E-state index contributed by atoms with van der Waals surface area (Å²) in [5.41, 5.74) is 1.69. The van der Waals surface area contributed by atoms with Crippen LogP contribution in [0.2, 0.25) is 5.02 Å². The normalized spacial score (nSPS) is 10.6. The van der Waals surface area contributed by atoms with Crippen molar-refractivity contribution in [2.75, 3.05) is 0 Å². The molecule has 5 heteroatoms. The monoisotopic (exact) mass is 238 g/mol. The van der Waals surface area contributed by atoms with E-state index in [4.69, 9.17) is 16.1 Å². The number of halogens is 1. The maximum absolute atomic E-state index is 11.6. The molecule has 2 aromatic heterocycles. The van der Waals surface area contributed by atoms with Crippen LogP contribution in [0, 0.1) is 0 Å². The lowest BCUT2D eigenvalue weighted by molar-refractivity contribution is 0.412. The molecule has 4 nitrogen and oxygen atoms in total. The summed E-state index contributed by atoms with van der Waals surface area (Å²) in [4.78, 5) is 11.6. The first-order valence-corrected chi connectivity index (χ1v) is 5.36. The Kier molecular flexibility index (Phi) is 3.10. The largest absolute Gasteiger partial charge is 0.364 e. The fourth-order valence-electron chi connectivity index (χ4n) is 1.51. The van der Waals surface area contributed by atoms with Crippen LogP contribution < -0.4 is 5.56 Å². The van der Waals surface area contributed by atoms with E-state index in [1.807, 2.05) is 6.92 Å². The SMILES string of the molecule is CCc1nocc1Cn1cc(Cl)ccc1=O. The van der Waals surface area contributed by atoms with Crippen molar-refractivity contribution >= 4 is 11.6 Å². The molecule has 0 bridgehead atoms. The molecule has 0 aromatic carbocycles. The van der Waals surface area contributed by atoms with Gasteiger partial charge in [0.1, 0.15) is 6.26 Å². The Labute approximate surface area is 97.4 Å². The molecule has 2 rings (SSSR count). The molecule has 16 heavy (non-hydrogen) atoms. The molecular formula is C11H11ClN2O2. The maximum atomic E-state index is 11.6. The molecule has 0 aliphatic carbocycles.